The predicted molar refractivity (Wildman–Crippen MR) is 136 cm³/mol. The van der Waals surface area contributed by atoms with E-state index in [0.717, 1.165) is 29.6 Å². The van der Waals surface area contributed by atoms with Crippen molar-refractivity contribution in [1.29, 1.82) is 0 Å². The van der Waals surface area contributed by atoms with Crippen molar-refractivity contribution < 1.29 is 0 Å². The number of rotatable bonds is 7. The fourth-order valence-electron chi connectivity index (χ4n) is 9.24. The molecule has 0 spiro atoms. The van der Waals surface area contributed by atoms with Crippen molar-refractivity contribution >= 4 is 0 Å². The average Bonchev–Trinajstić information content (AvgIpc) is 2.96. The van der Waals surface area contributed by atoms with Crippen LogP contribution in [0, 0.1) is 45.8 Å². The minimum absolute atomic E-state index is 0.506. The summed E-state index contributed by atoms with van der Waals surface area (Å²) in [5, 5.41) is 0. The van der Waals surface area contributed by atoms with Crippen molar-refractivity contribution in [2.24, 2.45) is 45.8 Å². The predicted octanol–water partition coefficient (Wildman–Crippen LogP) is 9.75. The first kappa shape index (κ1) is 23.6. The van der Waals surface area contributed by atoms with E-state index in [-0.39, 0.29) is 0 Å². The van der Waals surface area contributed by atoms with Gasteiger partial charge in [0.2, 0.25) is 0 Å². The lowest BCUT2D eigenvalue weighted by Gasteiger charge is -2.60. The first-order valence-electron chi connectivity index (χ1n) is 13.9. The Morgan fingerprint density at radius 2 is 1.77 bits per heavy atom. The Morgan fingerprint density at radius 3 is 2.48 bits per heavy atom. The molecule has 31 heavy (non-hydrogen) atoms. The van der Waals surface area contributed by atoms with Crippen LogP contribution >= 0.6 is 0 Å². The van der Waals surface area contributed by atoms with Gasteiger partial charge in [-0.3, -0.25) is 0 Å². The van der Waals surface area contributed by atoms with Crippen molar-refractivity contribution in [2.45, 2.75) is 125 Å². The topological polar surface area (TPSA) is 0 Å². The highest BCUT2D eigenvalue weighted by atomic mass is 14.7. The zero-order valence-corrected chi connectivity index (χ0v) is 21.9. The summed E-state index contributed by atoms with van der Waals surface area (Å²) in [6.45, 7) is 19.3. The van der Waals surface area contributed by atoms with Gasteiger partial charge in [-0.1, -0.05) is 71.1 Å². The second kappa shape index (κ2) is 8.68. The van der Waals surface area contributed by atoms with E-state index in [0.29, 0.717) is 16.2 Å². The van der Waals surface area contributed by atoms with Gasteiger partial charge < -0.3 is 0 Å². The maximum Gasteiger partial charge on any atom is -0.00851 e. The van der Waals surface area contributed by atoms with E-state index in [4.69, 9.17) is 0 Å². The fourth-order valence-corrected chi connectivity index (χ4v) is 9.24. The third-order valence-corrected chi connectivity index (χ3v) is 11.4. The van der Waals surface area contributed by atoms with Gasteiger partial charge in [0, 0.05) is 0 Å². The highest BCUT2D eigenvalue weighted by molar-refractivity contribution is 5.26. The summed E-state index contributed by atoms with van der Waals surface area (Å²) in [6, 6.07) is 0. The van der Waals surface area contributed by atoms with Gasteiger partial charge in [-0.15, -0.1) is 6.58 Å². The lowest BCUT2D eigenvalue weighted by atomic mass is 9.45. The van der Waals surface area contributed by atoms with Crippen LogP contribution in [0.3, 0.4) is 0 Å². The summed E-state index contributed by atoms with van der Waals surface area (Å²) in [4.78, 5) is 0. The maximum atomic E-state index is 4.21. The summed E-state index contributed by atoms with van der Waals surface area (Å²) < 4.78 is 0. The molecule has 3 saturated carbocycles. The number of hydrogen-bond donors (Lipinski definition) is 0. The molecule has 3 fully saturated rings. The molecule has 0 amide bonds. The summed E-state index contributed by atoms with van der Waals surface area (Å²) in [7, 11) is 0. The molecule has 0 radical (unpaired) electrons. The van der Waals surface area contributed by atoms with Crippen LogP contribution in [0.25, 0.3) is 0 Å². The van der Waals surface area contributed by atoms with Gasteiger partial charge in [-0.2, -0.15) is 0 Å². The Kier molecular flexibility index (Phi) is 6.62. The number of hydrogen-bond acceptors (Lipinski definition) is 0. The third-order valence-electron chi connectivity index (χ3n) is 11.4. The molecule has 0 aliphatic heterocycles. The molecule has 0 aromatic carbocycles. The molecule has 0 saturated heterocycles. The largest absolute Gasteiger partial charge is 0.100 e. The maximum absolute atomic E-state index is 4.21. The van der Waals surface area contributed by atoms with Crippen molar-refractivity contribution in [3.8, 4) is 0 Å². The van der Waals surface area contributed by atoms with Crippen LogP contribution in [0.5, 0.6) is 0 Å². The molecule has 0 aromatic rings. The minimum Gasteiger partial charge on any atom is -0.100 e. The number of unbranched alkanes of at least 4 members (excludes halogenated alkanes) is 1. The normalized spacial score (nSPS) is 44.4. The van der Waals surface area contributed by atoms with Gasteiger partial charge in [0.1, 0.15) is 0 Å². The molecule has 0 heterocycles. The third kappa shape index (κ3) is 4.12. The molecular weight excluding hydrogens is 372 g/mol. The van der Waals surface area contributed by atoms with Gasteiger partial charge in [0.25, 0.3) is 0 Å². The Bertz CT molecular complexity index is 697. The molecule has 176 valence electrons. The molecule has 0 aromatic heterocycles. The quantitative estimate of drug-likeness (QED) is 0.282. The Labute approximate surface area is 194 Å². The Balaban J connectivity index is 1.48. The molecular formula is C31H52. The molecule has 4 aliphatic rings. The fraction of sp³-hybridized carbons (Fsp3) is 0.871. The zero-order valence-electron chi connectivity index (χ0n) is 21.9. The van der Waals surface area contributed by atoms with Gasteiger partial charge in [0.05, 0.1) is 0 Å². The molecule has 0 heteroatoms. The minimum atomic E-state index is 0.506. The number of allylic oxidation sites excluding steroid dienone is 3. The van der Waals surface area contributed by atoms with Gasteiger partial charge >= 0.3 is 0 Å². The summed E-state index contributed by atoms with van der Waals surface area (Å²) in [6.07, 6.45) is 21.4. The van der Waals surface area contributed by atoms with Crippen LogP contribution in [0.4, 0.5) is 0 Å². The number of fused-ring (bicyclic) bond motifs is 5. The van der Waals surface area contributed by atoms with E-state index in [1.807, 2.05) is 5.57 Å². The van der Waals surface area contributed by atoms with E-state index in [1.165, 1.54) is 89.0 Å². The molecule has 4 rings (SSSR count). The lowest BCUT2D eigenvalue weighted by Crippen LogP contribution is -2.51. The molecule has 0 N–H and O–H groups in total. The first-order valence-corrected chi connectivity index (χ1v) is 13.9. The van der Waals surface area contributed by atoms with Crippen LogP contribution in [0.1, 0.15) is 125 Å². The molecule has 0 bridgehead atoms. The summed E-state index contributed by atoms with van der Waals surface area (Å²) in [5.41, 5.74) is 4.92. The second-order valence-corrected chi connectivity index (χ2v) is 13.7. The Hall–Kier alpha value is -0.520. The van der Waals surface area contributed by atoms with E-state index < -0.39 is 0 Å². The average molecular weight is 425 g/mol. The standard InChI is InChI=1S/C31H52/c1-22(2)10-8-9-16-29(5)17-14-28-26-12-11-25-21-24(20-23(3)4)13-18-30(25,6)27(26)15-19-31(28,29)7/h11,22,24,26-28H,3,8-10,12-21H2,1-2,4-7H3. The van der Waals surface area contributed by atoms with Gasteiger partial charge in [0.15, 0.2) is 0 Å². The highest BCUT2D eigenvalue weighted by Gasteiger charge is 2.61. The van der Waals surface area contributed by atoms with Gasteiger partial charge in [-0.05, 0) is 117 Å². The first-order chi connectivity index (χ1) is 14.6. The van der Waals surface area contributed by atoms with Crippen molar-refractivity contribution in [3.63, 3.8) is 0 Å². The van der Waals surface area contributed by atoms with Crippen LogP contribution in [0.2, 0.25) is 0 Å². The van der Waals surface area contributed by atoms with E-state index in [1.54, 1.807) is 0 Å². The molecule has 4 aliphatic carbocycles. The van der Waals surface area contributed by atoms with Gasteiger partial charge in [-0.25, -0.2) is 0 Å². The lowest BCUT2D eigenvalue weighted by molar-refractivity contribution is -0.0720. The monoisotopic (exact) mass is 424 g/mol. The summed E-state index contributed by atoms with van der Waals surface area (Å²) in [5.74, 6) is 4.62. The SMILES string of the molecule is C=C(C)CC1CCC2(C)C(=CCC3C2CCC2(C)C3CCC2(C)CCCCC(C)C)C1. The second-order valence-electron chi connectivity index (χ2n) is 13.7. The van der Waals surface area contributed by atoms with Crippen LogP contribution in [0.15, 0.2) is 23.8 Å². The van der Waals surface area contributed by atoms with E-state index >= 15 is 0 Å². The molecule has 7 atom stereocenters. The van der Waals surface area contributed by atoms with Crippen LogP contribution < -0.4 is 0 Å². The molecule has 7 unspecified atom stereocenters. The Morgan fingerprint density at radius 1 is 1.03 bits per heavy atom. The summed E-state index contributed by atoms with van der Waals surface area (Å²) >= 11 is 0. The van der Waals surface area contributed by atoms with Crippen LogP contribution in [-0.2, 0) is 0 Å². The van der Waals surface area contributed by atoms with E-state index in [2.05, 4.69) is 54.2 Å². The van der Waals surface area contributed by atoms with Crippen molar-refractivity contribution in [2.75, 3.05) is 0 Å². The van der Waals surface area contributed by atoms with E-state index in [9.17, 15) is 0 Å². The van der Waals surface area contributed by atoms with Crippen molar-refractivity contribution in [3.05, 3.63) is 23.8 Å². The smallest absolute Gasteiger partial charge is 0.00851 e. The zero-order chi connectivity index (χ0) is 22.4. The van der Waals surface area contributed by atoms with Crippen LogP contribution in [-0.4, -0.2) is 0 Å². The highest BCUT2D eigenvalue weighted by Crippen LogP contribution is 2.70. The van der Waals surface area contributed by atoms with Crippen molar-refractivity contribution in [1.82, 2.24) is 0 Å². The molecule has 0 nitrogen and oxygen atoms in total.